The zero-order valence-corrected chi connectivity index (χ0v) is 15.5. The summed E-state index contributed by atoms with van der Waals surface area (Å²) in [7, 11) is 0. The first-order valence-electron chi connectivity index (χ1n) is 9.74. The molecule has 2 aliphatic heterocycles. The number of carbonyl (C=O) groups excluding carboxylic acids is 2. The first-order valence-corrected chi connectivity index (χ1v) is 9.74. The summed E-state index contributed by atoms with van der Waals surface area (Å²) in [5.41, 5.74) is 10.8. The van der Waals surface area contributed by atoms with Gasteiger partial charge in [-0.3, -0.25) is 9.59 Å². The van der Waals surface area contributed by atoms with Crippen LogP contribution in [-0.2, 0) is 16.0 Å². The Balaban J connectivity index is 1.45. The van der Waals surface area contributed by atoms with Crippen molar-refractivity contribution in [3.63, 3.8) is 0 Å². The van der Waals surface area contributed by atoms with Gasteiger partial charge in [0.15, 0.2) is 11.6 Å². The van der Waals surface area contributed by atoms with E-state index in [1.807, 2.05) is 4.90 Å². The van der Waals surface area contributed by atoms with Gasteiger partial charge in [-0.25, -0.2) is 13.2 Å². The lowest BCUT2D eigenvalue weighted by atomic mass is 9.82. The lowest BCUT2D eigenvalue weighted by molar-refractivity contribution is -0.147. The molecule has 3 fully saturated rings. The van der Waals surface area contributed by atoms with E-state index in [0.29, 0.717) is 31.7 Å². The van der Waals surface area contributed by atoms with E-state index in [0.717, 1.165) is 18.9 Å². The molecule has 0 aromatic heterocycles. The van der Waals surface area contributed by atoms with E-state index in [1.165, 1.54) is 0 Å². The molecule has 0 radical (unpaired) electrons. The number of hydrogen-bond donors (Lipinski definition) is 2. The van der Waals surface area contributed by atoms with Crippen LogP contribution in [0.4, 0.5) is 13.2 Å². The highest BCUT2D eigenvalue weighted by atomic mass is 19.2. The molecule has 3 aliphatic rings. The standard InChI is InChI=1S/C20H24F3N3O2/c21-14-9-16(23)15(22)7-10(14)8-17(24)11-5-12-1-2-13(6-11)26(12)19(28)20(3-4-20)18(25)27/h7,9,11-13,17H,1-6,8,24H2,(H2,25,27)/t11?,12-,13+,17-/m1/s1. The van der Waals surface area contributed by atoms with Gasteiger partial charge in [0, 0.05) is 24.2 Å². The van der Waals surface area contributed by atoms with E-state index in [2.05, 4.69) is 0 Å². The Kier molecular flexibility index (Phi) is 4.64. The van der Waals surface area contributed by atoms with Crippen molar-refractivity contribution in [2.45, 2.75) is 63.1 Å². The fourth-order valence-corrected chi connectivity index (χ4v) is 4.98. The molecule has 152 valence electrons. The summed E-state index contributed by atoms with van der Waals surface area (Å²) in [5.74, 6) is -3.79. The van der Waals surface area contributed by atoms with Gasteiger partial charge in [-0.05, 0) is 62.5 Å². The van der Waals surface area contributed by atoms with Gasteiger partial charge in [0.05, 0.1) is 0 Å². The monoisotopic (exact) mass is 395 g/mol. The number of amides is 2. The van der Waals surface area contributed by atoms with Crippen LogP contribution in [0.2, 0.25) is 0 Å². The average Bonchev–Trinajstić information content (AvgIpc) is 3.41. The Hall–Kier alpha value is -2.09. The molecule has 1 unspecified atom stereocenters. The van der Waals surface area contributed by atoms with Crippen LogP contribution in [0, 0.1) is 28.8 Å². The number of nitrogens with zero attached hydrogens (tertiary/aromatic N) is 1. The van der Waals surface area contributed by atoms with Gasteiger partial charge < -0.3 is 16.4 Å². The molecule has 1 saturated carbocycles. The van der Waals surface area contributed by atoms with Crippen molar-refractivity contribution < 1.29 is 22.8 Å². The van der Waals surface area contributed by atoms with Crippen LogP contribution in [0.15, 0.2) is 12.1 Å². The molecular formula is C20H24F3N3O2. The molecule has 4 N–H and O–H groups in total. The average molecular weight is 395 g/mol. The van der Waals surface area contributed by atoms with Crippen LogP contribution in [-0.4, -0.2) is 34.8 Å². The second-order valence-corrected chi connectivity index (χ2v) is 8.50. The first kappa shape index (κ1) is 19.2. The number of halogens is 3. The zero-order chi connectivity index (χ0) is 20.2. The molecule has 2 saturated heterocycles. The van der Waals surface area contributed by atoms with Crippen molar-refractivity contribution in [2.75, 3.05) is 0 Å². The van der Waals surface area contributed by atoms with Crippen molar-refractivity contribution in [1.29, 1.82) is 0 Å². The molecule has 1 aliphatic carbocycles. The minimum absolute atomic E-state index is 0.00562. The summed E-state index contributed by atoms with van der Waals surface area (Å²) >= 11 is 0. The highest BCUT2D eigenvalue weighted by Gasteiger charge is 2.60. The fraction of sp³-hybridized carbons (Fsp3) is 0.600. The van der Waals surface area contributed by atoms with Crippen LogP contribution >= 0.6 is 0 Å². The maximum absolute atomic E-state index is 13.9. The summed E-state index contributed by atoms with van der Waals surface area (Å²) in [6.07, 6.45) is 4.12. The number of fused-ring (bicyclic) bond motifs is 2. The van der Waals surface area contributed by atoms with E-state index >= 15 is 0 Å². The van der Waals surface area contributed by atoms with E-state index in [9.17, 15) is 22.8 Å². The third-order valence-electron chi connectivity index (χ3n) is 6.79. The second kappa shape index (κ2) is 6.76. The minimum atomic E-state index is -1.22. The molecule has 4 atom stereocenters. The number of piperidine rings is 1. The normalized spacial score (nSPS) is 28.9. The zero-order valence-electron chi connectivity index (χ0n) is 15.5. The van der Waals surface area contributed by atoms with Crippen molar-refractivity contribution in [3.05, 3.63) is 35.1 Å². The maximum Gasteiger partial charge on any atom is 0.238 e. The largest absolute Gasteiger partial charge is 0.369 e. The highest BCUT2D eigenvalue weighted by Crippen LogP contribution is 2.51. The molecule has 4 rings (SSSR count). The van der Waals surface area contributed by atoms with Crippen molar-refractivity contribution >= 4 is 11.8 Å². The molecule has 0 spiro atoms. The quantitative estimate of drug-likeness (QED) is 0.590. The van der Waals surface area contributed by atoms with E-state index in [4.69, 9.17) is 11.5 Å². The van der Waals surface area contributed by atoms with Crippen LogP contribution in [0.25, 0.3) is 0 Å². The molecule has 2 bridgehead atoms. The van der Waals surface area contributed by atoms with E-state index < -0.39 is 34.8 Å². The lowest BCUT2D eigenvalue weighted by Crippen LogP contribution is -2.54. The van der Waals surface area contributed by atoms with E-state index in [1.54, 1.807) is 0 Å². The summed E-state index contributed by atoms with van der Waals surface area (Å²) < 4.78 is 40.5. The predicted molar refractivity (Wildman–Crippen MR) is 95.2 cm³/mol. The third-order valence-corrected chi connectivity index (χ3v) is 6.79. The number of carbonyl (C=O) groups is 2. The Labute approximate surface area is 161 Å². The Morgan fingerprint density at radius 3 is 2.18 bits per heavy atom. The van der Waals surface area contributed by atoms with Crippen molar-refractivity contribution in [3.8, 4) is 0 Å². The number of nitrogens with two attached hydrogens (primary N) is 2. The first-order chi connectivity index (χ1) is 13.2. The van der Waals surface area contributed by atoms with Crippen molar-refractivity contribution in [1.82, 2.24) is 4.90 Å². The second-order valence-electron chi connectivity index (χ2n) is 8.50. The fourth-order valence-electron chi connectivity index (χ4n) is 4.98. The van der Waals surface area contributed by atoms with Crippen LogP contribution in [0.3, 0.4) is 0 Å². The van der Waals surface area contributed by atoms with Gasteiger partial charge in [-0.2, -0.15) is 0 Å². The summed E-state index contributed by atoms with van der Waals surface area (Å²) in [5, 5.41) is 0. The predicted octanol–water partition coefficient (Wildman–Crippen LogP) is 2.01. The molecule has 28 heavy (non-hydrogen) atoms. The van der Waals surface area contributed by atoms with E-state index in [-0.39, 0.29) is 35.9 Å². The maximum atomic E-state index is 13.9. The van der Waals surface area contributed by atoms with Gasteiger partial charge in [0.25, 0.3) is 0 Å². The molecule has 5 nitrogen and oxygen atoms in total. The Morgan fingerprint density at radius 1 is 1.07 bits per heavy atom. The summed E-state index contributed by atoms with van der Waals surface area (Å²) in [6, 6.07) is 0.969. The van der Waals surface area contributed by atoms with Gasteiger partial charge in [0.2, 0.25) is 11.8 Å². The molecular weight excluding hydrogens is 371 g/mol. The van der Waals surface area contributed by atoms with Crippen LogP contribution < -0.4 is 11.5 Å². The smallest absolute Gasteiger partial charge is 0.238 e. The lowest BCUT2D eigenvalue weighted by Gasteiger charge is -2.42. The van der Waals surface area contributed by atoms with Crippen molar-refractivity contribution in [2.24, 2.45) is 22.8 Å². The summed E-state index contributed by atoms with van der Waals surface area (Å²) in [6.45, 7) is 0. The number of rotatable bonds is 5. The van der Waals surface area contributed by atoms with Gasteiger partial charge in [-0.1, -0.05) is 0 Å². The third kappa shape index (κ3) is 3.07. The van der Waals surface area contributed by atoms with Gasteiger partial charge in [-0.15, -0.1) is 0 Å². The molecule has 2 amide bonds. The molecule has 8 heteroatoms. The van der Waals surface area contributed by atoms with Gasteiger partial charge in [0.1, 0.15) is 11.2 Å². The number of hydrogen-bond acceptors (Lipinski definition) is 3. The number of primary amides is 1. The van der Waals surface area contributed by atoms with Crippen LogP contribution in [0.5, 0.6) is 0 Å². The Morgan fingerprint density at radius 2 is 1.64 bits per heavy atom. The molecule has 1 aromatic carbocycles. The molecule has 2 heterocycles. The topological polar surface area (TPSA) is 89.4 Å². The SMILES string of the molecule is NC(=O)C1(C(=O)N2[C@@H]3CC[C@H]2CC([C@H](N)Cc2cc(F)c(F)cc2F)C3)CC1. The number of benzene rings is 1. The van der Waals surface area contributed by atoms with Gasteiger partial charge >= 0.3 is 0 Å². The Bertz CT molecular complexity index is 813. The molecule has 1 aromatic rings. The highest BCUT2D eigenvalue weighted by molar-refractivity contribution is 6.07. The van der Waals surface area contributed by atoms with Crippen LogP contribution in [0.1, 0.15) is 44.1 Å². The minimum Gasteiger partial charge on any atom is -0.369 e. The summed E-state index contributed by atoms with van der Waals surface area (Å²) in [4.78, 5) is 26.5.